The molecule has 10 nitrogen and oxygen atoms in total. The molecule has 4 unspecified atom stereocenters. The number of benzene rings is 1. The molecule has 10 heteroatoms. The monoisotopic (exact) mass is 546 g/mol. The third kappa shape index (κ3) is 6.24. The van der Waals surface area contributed by atoms with Crippen LogP contribution < -0.4 is 14.8 Å². The number of rotatable bonds is 12. The van der Waals surface area contributed by atoms with Crippen molar-refractivity contribution in [3.8, 4) is 11.5 Å². The van der Waals surface area contributed by atoms with Gasteiger partial charge in [0.15, 0.2) is 11.5 Å². The Morgan fingerprint density at radius 2 is 1.95 bits per heavy atom. The minimum atomic E-state index is -1.12. The minimum absolute atomic E-state index is 0.0263. The van der Waals surface area contributed by atoms with Gasteiger partial charge in [0.2, 0.25) is 11.8 Å². The highest BCUT2D eigenvalue weighted by molar-refractivity contribution is 5.96. The Kier molecular flexibility index (Phi) is 9.87. The van der Waals surface area contributed by atoms with E-state index >= 15 is 0 Å². The van der Waals surface area contributed by atoms with E-state index < -0.39 is 30.1 Å². The van der Waals surface area contributed by atoms with Crippen LogP contribution in [0.1, 0.15) is 63.0 Å². The number of carbonyl (C=O) groups is 2. The number of ether oxygens (including phenoxy) is 3. The average Bonchev–Trinajstić information content (AvgIpc) is 3.60. The summed E-state index contributed by atoms with van der Waals surface area (Å²) in [5.41, 5.74) is 1.57. The van der Waals surface area contributed by atoms with E-state index in [1.54, 1.807) is 23.1 Å². The van der Waals surface area contributed by atoms with Crippen LogP contribution in [0.3, 0.4) is 0 Å². The second-order valence-corrected chi connectivity index (χ2v) is 10.8. The SMILES string of the molecule is COc1cc(CO)cc2c1OC1C2C(C(=O)NCCO)=CC(N(CCCOC(C)C)C(=O)C2CCCC2)C1O. The highest BCUT2D eigenvalue weighted by Gasteiger charge is 2.51. The van der Waals surface area contributed by atoms with Gasteiger partial charge in [-0.1, -0.05) is 12.8 Å². The van der Waals surface area contributed by atoms with Gasteiger partial charge in [0, 0.05) is 36.8 Å². The number of aliphatic hydroxyl groups is 3. The lowest BCUT2D eigenvalue weighted by atomic mass is 9.77. The summed E-state index contributed by atoms with van der Waals surface area (Å²) >= 11 is 0. The molecule has 0 spiro atoms. The van der Waals surface area contributed by atoms with E-state index in [1.165, 1.54) is 7.11 Å². The van der Waals surface area contributed by atoms with Crippen LogP contribution in [0.25, 0.3) is 0 Å². The summed E-state index contributed by atoms with van der Waals surface area (Å²) in [6, 6.07) is 2.64. The van der Waals surface area contributed by atoms with Gasteiger partial charge in [-0.15, -0.1) is 0 Å². The third-order valence-corrected chi connectivity index (χ3v) is 7.84. The number of amides is 2. The van der Waals surface area contributed by atoms with Crippen molar-refractivity contribution in [2.24, 2.45) is 5.92 Å². The van der Waals surface area contributed by atoms with E-state index in [4.69, 9.17) is 14.2 Å². The van der Waals surface area contributed by atoms with Crippen molar-refractivity contribution in [3.05, 3.63) is 34.9 Å². The smallest absolute Gasteiger partial charge is 0.247 e. The molecule has 1 aromatic carbocycles. The number of nitrogens with zero attached hydrogens (tertiary/aromatic N) is 1. The summed E-state index contributed by atoms with van der Waals surface area (Å²) in [6.07, 6.45) is 3.98. The molecule has 4 N–H and O–H groups in total. The molecule has 1 aliphatic heterocycles. The quantitative estimate of drug-likeness (QED) is 0.291. The van der Waals surface area contributed by atoms with E-state index in [9.17, 15) is 24.9 Å². The molecule has 0 saturated heterocycles. The third-order valence-electron chi connectivity index (χ3n) is 7.84. The molecule has 0 aromatic heterocycles. The zero-order chi connectivity index (χ0) is 28.1. The largest absolute Gasteiger partial charge is 0.493 e. The second kappa shape index (κ2) is 13.1. The first kappa shape index (κ1) is 29.3. The van der Waals surface area contributed by atoms with Crippen LogP contribution >= 0.6 is 0 Å². The average molecular weight is 547 g/mol. The van der Waals surface area contributed by atoms with Gasteiger partial charge >= 0.3 is 0 Å². The van der Waals surface area contributed by atoms with Crippen molar-refractivity contribution in [2.75, 3.05) is 33.4 Å². The summed E-state index contributed by atoms with van der Waals surface area (Å²) in [4.78, 5) is 28.9. The van der Waals surface area contributed by atoms with Crippen molar-refractivity contribution in [2.45, 2.75) is 82.8 Å². The Bertz CT molecular complexity index is 1050. The zero-order valence-corrected chi connectivity index (χ0v) is 23.1. The molecule has 1 fully saturated rings. The molecule has 216 valence electrons. The fourth-order valence-electron chi connectivity index (χ4n) is 5.99. The van der Waals surface area contributed by atoms with Gasteiger partial charge < -0.3 is 39.7 Å². The van der Waals surface area contributed by atoms with Gasteiger partial charge in [0.25, 0.3) is 0 Å². The molecule has 4 rings (SSSR count). The summed E-state index contributed by atoms with van der Waals surface area (Å²) < 4.78 is 17.5. The highest BCUT2D eigenvalue weighted by atomic mass is 16.5. The maximum absolute atomic E-state index is 13.8. The fourth-order valence-corrected chi connectivity index (χ4v) is 5.99. The first-order valence-corrected chi connectivity index (χ1v) is 14.0. The number of nitrogens with one attached hydrogen (secondary N) is 1. The van der Waals surface area contributed by atoms with E-state index in [0.717, 1.165) is 25.7 Å². The number of fused-ring (bicyclic) bond motifs is 3. The first-order chi connectivity index (χ1) is 18.8. The topological polar surface area (TPSA) is 138 Å². The van der Waals surface area contributed by atoms with Crippen molar-refractivity contribution < 1.29 is 39.1 Å². The van der Waals surface area contributed by atoms with Crippen LogP contribution in [-0.2, 0) is 20.9 Å². The fraction of sp³-hybridized carbons (Fsp3) is 0.655. The lowest BCUT2D eigenvalue weighted by molar-refractivity contribution is -0.141. The molecule has 4 atom stereocenters. The Hall–Kier alpha value is -2.66. The van der Waals surface area contributed by atoms with Crippen molar-refractivity contribution in [3.63, 3.8) is 0 Å². The minimum Gasteiger partial charge on any atom is -0.493 e. The van der Waals surface area contributed by atoms with E-state index in [2.05, 4.69) is 5.32 Å². The summed E-state index contributed by atoms with van der Waals surface area (Å²) in [6.45, 7) is 4.36. The van der Waals surface area contributed by atoms with Crippen molar-refractivity contribution in [1.29, 1.82) is 0 Å². The molecule has 0 radical (unpaired) electrons. The van der Waals surface area contributed by atoms with Gasteiger partial charge in [-0.2, -0.15) is 0 Å². The van der Waals surface area contributed by atoms with Crippen molar-refractivity contribution in [1.82, 2.24) is 10.2 Å². The van der Waals surface area contributed by atoms with Gasteiger partial charge in [-0.25, -0.2) is 0 Å². The number of methoxy groups -OCH3 is 1. The highest BCUT2D eigenvalue weighted by Crippen LogP contribution is 2.51. The Morgan fingerprint density at radius 1 is 1.21 bits per heavy atom. The van der Waals surface area contributed by atoms with Crippen LogP contribution in [0.2, 0.25) is 0 Å². The molecular formula is C29H42N2O8. The Morgan fingerprint density at radius 3 is 2.59 bits per heavy atom. The number of hydrogen-bond acceptors (Lipinski definition) is 8. The van der Waals surface area contributed by atoms with Gasteiger partial charge in [0.1, 0.15) is 12.2 Å². The lowest BCUT2D eigenvalue weighted by Gasteiger charge is -2.41. The van der Waals surface area contributed by atoms with E-state index in [1.807, 2.05) is 13.8 Å². The molecule has 2 amide bonds. The summed E-state index contributed by atoms with van der Waals surface area (Å²) in [7, 11) is 1.49. The van der Waals surface area contributed by atoms with Gasteiger partial charge in [-0.3, -0.25) is 9.59 Å². The molecule has 3 aliphatic rings. The number of carbonyl (C=O) groups excluding carboxylic acids is 2. The molecule has 1 aromatic rings. The van der Waals surface area contributed by atoms with Crippen LogP contribution in [-0.4, -0.2) is 89.8 Å². The standard InChI is InChI=1S/C29H42N2O8/c1-17(2)38-12-6-10-31(29(36)19-7-4-5-8-19)22-15-21(28(35)30-9-11-32)24-20-13-18(16-33)14-23(37-3)26(20)39-27(24)25(22)34/h13-15,17,19,22,24-25,27,32-34H,4-12,16H2,1-3H3,(H,30,35). The first-order valence-electron chi connectivity index (χ1n) is 14.0. The maximum atomic E-state index is 13.8. The summed E-state index contributed by atoms with van der Waals surface area (Å²) in [5, 5.41) is 33.6. The van der Waals surface area contributed by atoms with E-state index in [0.29, 0.717) is 47.8 Å². The normalized spacial score (nSPS) is 24.1. The van der Waals surface area contributed by atoms with E-state index in [-0.39, 0.29) is 37.7 Å². The van der Waals surface area contributed by atoms with Crippen molar-refractivity contribution >= 4 is 11.8 Å². The Balaban J connectivity index is 1.73. The molecule has 0 bridgehead atoms. The van der Waals surface area contributed by atoms with Crippen LogP contribution in [0.15, 0.2) is 23.8 Å². The Labute approximate surface area is 229 Å². The van der Waals surface area contributed by atoms with Crippen LogP contribution in [0.5, 0.6) is 11.5 Å². The lowest BCUT2D eigenvalue weighted by Crippen LogP contribution is -2.57. The van der Waals surface area contributed by atoms with Gasteiger partial charge in [0.05, 0.1) is 38.4 Å². The molecule has 39 heavy (non-hydrogen) atoms. The number of aliphatic hydroxyl groups excluding tert-OH is 3. The zero-order valence-electron chi connectivity index (χ0n) is 23.1. The van der Waals surface area contributed by atoms with Gasteiger partial charge in [-0.05, 0) is 56.9 Å². The molecule has 2 aliphatic carbocycles. The molecule has 1 saturated carbocycles. The molecule has 1 heterocycles. The second-order valence-electron chi connectivity index (χ2n) is 10.8. The van der Waals surface area contributed by atoms with Crippen LogP contribution in [0, 0.1) is 5.92 Å². The van der Waals surface area contributed by atoms with Crippen LogP contribution in [0.4, 0.5) is 0 Å². The number of hydrogen-bond donors (Lipinski definition) is 4. The maximum Gasteiger partial charge on any atom is 0.247 e. The molecular weight excluding hydrogens is 504 g/mol. The predicted molar refractivity (Wildman–Crippen MR) is 143 cm³/mol. The summed E-state index contributed by atoms with van der Waals surface area (Å²) in [5.74, 6) is -0.384. The predicted octanol–water partition coefficient (Wildman–Crippen LogP) is 1.64.